The molecular weight excluding hydrogens is 318 g/mol. The Kier molecular flexibility index (Phi) is 4.95. The minimum absolute atomic E-state index is 0.0114. The zero-order valence-electron chi connectivity index (χ0n) is 13.0. The van der Waals surface area contributed by atoms with Crippen LogP contribution in [0.2, 0.25) is 0 Å². The second-order valence-corrected chi connectivity index (χ2v) is 5.35. The number of nitro groups is 1. The van der Waals surface area contributed by atoms with Crippen molar-refractivity contribution < 1.29 is 14.5 Å². The molecule has 0 bridgehead atoms. The van der Waals surface area contributed by atoms with Crippen LogP contribution >= 0.6 is 12.2 Å². The van der Waals surface area contributed by atoms with Crippen molar-refractivity contribution in [3.8, 4) is 0 Å². The molecule has 0 aromatic heterocycles. The molecule has 0 saturated heterocycles. The average molecular weight is 335 g/mol. The normalized spacial score (nSPS) is 17.8. The quantitative estimate of drug-likeness (QED) is 0.391. The van der Waals surface area contributed by atoms with Crippen LogP contribution in [0.3, 0.4) is 0 Å². The summed E-state index contributed by atoms with van der Waals surface area (Å²) in [5, 5.41) is 14.4. The van der Waals surface area contributed by atoms with Crippen molar-refractivity contribution in [2.24, 2.45) is 0 Å². The van der Waals surface area contributed by atoms with Gasteiger partial charge in [-0.1, -0.05) is 0 Å². The van der Waals surface area contributed by atoms with Gasteiger partial charge in [0.05, 0.1) is 23.6 Å². The number of carbonyl (C=O) groups is 1. The number of esters is 1. The molecule has 1 aliphatic rings. The largest absolute Gasteiger partial charge is 0.466 e. The van der Waals surface area contributed by atoms with Gasteiger partial charge in [-0.3, -0.25) is 10.1 Å². The molecule has 0 radical (unpaired) electrons. The summed E-state index contributed by atoms with van der Waals surface area (Å²) < 4.78 is 4.89. The number of rotatable bonds is 4. The number of nitrogens with one attached hydrogen (secondary N) is 1. The van der Waals surface area contributed by atoms with Gasteiger partial charge in [-0.15, -0.1) is 0 Å². The van der Waals surface area contributed by atoms with Gasteiger partial charge < -0.3 is 15.0 Å². The molecule has 1 aromatic rings. The molecule has 1 aliphatic heterocycles. The Morgan fingerprint density at radius 1 is 1.43 bits per heavy atom. The molecule has 122 valence electrons. The Morgan fingerprint density at radius 2 is 2.04 bits per heavy atom. The minimum Gasteiger partial charge on any atom is -0.466 e. The standard InChI is InChI=1S/C15H17N3O4S/c1-4-17-9(2)12(14(19)22-3)13(16-15(17)23)10-5-7-11(8-6-10)18(20)21/h5-8,13H,4H2,1-3H3,(H,16,23)/t13-/m1/s1. The Hall–Kier alpha value is -2.48. The molecule has 1 N–H and O–H groups in total. The zero-order chi connectivity index (χ0) is 17.1. The van der Waals surface area contributed by atoms with E-state index in [0.717, 1.165) is 0 Å². The van der Waals surface area contributed by atoms with Crippen LogP contribution < -0.4 is 5.32 Å². The van der Waals surface area contributed by atoms with E-state index in [-0.39, 0.29) is 5.69 Å². The van der Waals surface area contributed by atoms with Gasteiger partial charge in [0.15, 0.2) is 5.11 Å². The first-order chi connectivity index (χ1) is 10.9. The second kappa shape index (κ2) is 6.74. The van der Waals surface area contributed by atoms with Gasteiger partial charge in [0.2, 0.25) is 0 Å². The third-order valence-electron chi connectivity index (χ3n) is 3.76. The first-order valence-electron chi connectivity index (χ1n) is 7.02. The molecule has 1 aromatic carbocycles. The van der Waals surface area contributed by atoms with Crippen LogP contribution in [0.1, 0.15) is 25.5 Å². The second-order valence-electron chi connectivity index (χ2n) is 4.97. The Bertz CT molecular complexity index is 684. The number of hydrogen-bond donors (Lipinski definition) is 1. The van der Waals surface area contributed by atoms with Gasteiger partial charge in [0.25, 0.3) is 5.69 Å². The molecular formula is C15H17N3O4S. The van der Waals surface area contributed by atoms with E-state index in [2.05, 4.69) is 5.32 Å². The average Bonchev–Trinajstić information content (AvgIpc) is 2.54. The number of carbonyl (C=O) groups excluding carboxylic acids is 1. The predicted octanol–water partition coefficient (Wildman–Crippen LogP) is 2.29. The van der Waals surface area contributed by atoms with E-state index in [1.807, 2.05) is 11.8 Å². The van der Waals surface area contributed by atoms with Crippen molar-refractivity contribution in [1.82, 2.24) is 10.2 Å². The lowest BCUT2D eigenvalue weighted by atomic mass is 9.95. The fourth-order valence-electron chi connectivity index (χ4n) is 2.57. The summed E-state index contributed by atoms with van der Waals surface area (Å²) in [6.45, 7) is 4.35. The Morgan fingerprint density at radius 3 is 2.52 bits per heavy atom. The van der Waals surface area contributed by atoms with Crippen LogP contribution in [-0.4, -0.2) is 34.6 Å². The van der Waals surface area contributed by atoms with Crippen molar-refractivity contribution in [3.05, 3.63) is 51.2 Å². The first-order valence-corrected chi connectivity index (χ1v) is 7.43. The third-order valence-corrected chi connectivity index (χ3v) is 4.09. The molecule has 0 fully saturated rings. The first kappa shape index (κ1) is 16.9. The number of non-ortho nitro benzene ring substituents is 1. The minimum atomic E-state index is -0.501. The third kappa shape index (κ3) is 3.16. The Labute approximate surface area is 139 Å². The molecule has 23 heavy (non-hydrogen) atoms. The van der Waals surface area contributed by atoms with E-state index in [9.17, 15) is 14.9 Å². The van der Waals surface area contributed by atoms with Crippen molar-refractivity contribution in [2.45, 2.75) is 19.9 Å². The van der Waals surface area contributed by atoms with Gasteiger partial charge in [0.1, 0.15) is 0 Å². The zero-order valence-corrected chi connectivity index (χ0v) is 13.8. The maximum absolute atomic E-state index is 12.2. The highest BCUT2D eigenvalue weighted by atomic mass is 32.1. The van der Waals surface area contributed by atoms with Crippen molar-refractivity contribution in [2.75, 3.05) is 13.7 Å². The van der Waals surface area contributed by atoms with Gasteiger partial charge in [-0.05, 0) is 43.8 Å². The summed E-state index contributed by atoms with van der Waals surface area (Å²) in [6.07, 6.45) is 0. The van der Waals surface area contributed by atoms with Crippen molar-refractivity contribution >= 4 is 29.0 Å². The topological polar surface area (TPSA) is 84.7 Å². The predicted molar refractivity (Wildman–Crippen MR) is 88.7 cm³/mol. The number of allylic oxidation sites excluding steroid dienone is 1. The monoisotopic (exact) mass is 335 g/mol. The highest BCUT2D eigenvalue weighted by molar-refractivity contribution is 7.80. The van der Waals surface area contributed by atoms with Crippen molar-refractivity contribution in [3.63, 3.8) is 0 Å². The maximum atomic E-state index is 12.2. The lowest BCUT2D eigenvalue weighted by molar-refractivity contribution is -0.384. The highest BCUT2D eigenvalue weighted by Gasteiger charge is 2.34. The van der Waals surface area contributed by atoms with Crippen LogP contribution in [-0.2, 0) is 9.53 Å². The summed E-state index contributed by atoms with van der Waals surface area (Å²) >= 11 is 5.34. The summed E-state index contributed by atoms with van der Waals surface area (Å²) in [5.41, 5.74) is 1.85. The van der Waals surface area contributed by atoms with E-state index >= 15 is 0 Å². The molecule has 0 unspecified atom stereocenters. The van der Waals surface area contributed by atoms with E-state index in [0.29, 0.717) is 28.5 Å². The molecule has 0 amide bonds. The number of benzene rings is 1. The number of nitro benzene ring substituents is 1. The van der Waals surface area contributed by atoms with E-state index < -0.39 is 16.9 Å². The lowest BCUT2D eigenvalue weighted by Gasteiger charge is -2.36. The summed E-state index contributed by atoms with van der Waals surface area (Å²) in [5.74, 6) is -0.459. The van der Waals surface area contributed by atoms with Gasteiger partial charge >= 0.3 is 5.97 Å². The van der Waals surface area contributed by atoms with Crippen LogP contribution in [0.5, 0.6) is 0 Å². The number of ether oxygens (including phenoxy) is 1. The van der Waals surface area contributed by atoms with E-state index in [4.69, 9.17) is 17.0 Å². The molecule has 7 nitrogen and oxygen atoms in total. The number of nitrogens with zero attached hydrogens (tertiary/aromatic N) is 2. The molecule has 1 atom stereocenters. The van der Waals surface area contributed by atoms with Crippen molar-refractivity contribution in [1.29, 1.82) is 0 Å². The molecule has 0 saturated carbocycles. The van der Waals surface area contributed by atoms with Gasteiger partial charge in [-0.2, -0.15) is 0 Å². The fraction of sp³-hybridized carbons (Fsp3) is 0.333. The van der Waals surface area contributed by atoms with Crippen LogP contribution in [0.15, 0.2) is 35.5 Å². The lowest BCUT2D eigenvalue weighted by Crippen LogP contribution is -2.47. The van der Waals surface area contributed by atoms with Gasteiger partial charge in [-0.25, -0.2) is 4.79 Å². The SMILES string of the molecule is CCN1C(=S)N[C@H](c2ccc([N+](=O)[O-])cc2)C(C(=O)OC)=C1C. The Balaban J connectivity index is 2.50. The summed E-state index contributed by atoms with van der Waals surface area (Å²) in [7, 11) is 1.32. The summed E-state index contributed by atoms with van der Waals surface area (Å²) in [6, 6.07) is 5.51. The molecule has 1 heterocycles. The van der Waals surface area contributed by atoms with Crippen LogP contribution in [0, 0.1) is 10.1 Å². The van der Waals surface area contributed by atoms with E-state index in [1.54, 1.807) is 19.1 Å². The fourth-order valence-corrected chi connectivity index (χ4v) is 2.96. The number of hydrogen-bond acceptors (Lipinski definition) is 5. The molecule has 0 spiro atoms. The van der Waals surface area contributed by atoms with Crippen LogP contribution in [0.25, 0.3) is 0 Å². The smallest absolute Gasteiger partial charge is 0.337 e. The maximum Gasteiger partial charge on any atom is 0.337 e. The van der Waals surface area contributed by atoms with Crippen LogP contribution in [0.4, 0.5) is 5.69 Å². The molecule has 8 heteroatoms. The van der Waals surface area contributed by atoms with Gasteiger partial charge in [0, 0.05) is 24.4 Å². The highest BCUT2D eigenvalue weighted by Crippen LogP contribution is 2.31. The summed E-state index contributed by atoms with van der Waals surface area (Å²) in [4.78, 5) is 24.3. The van der Waals surface area contributed by atoms with E-state index in [1.165, 1.54) is 19.2 Å². The molecule has 0 aliphatic carbocycles. The molecule has 2 rings (SSSR count). The number of thiocarbonyl (C=S) groups is 1. The number of methoxy groups -OCH3 is 1.